The Balaban J connectivity index is 1.68. The minimum Gasteiger partial charge on any atom is -0.324 e. The number of aryl methyl sites for hydroxylation is 1. The molecule has 1 aromatic heterocycles. The van der Waals surface area contributed by atoms with Gasteiger partial charge < -0.3 is 10.6 Å². The maximum absolute atomic E-state index is 12.5. The first-order valence-electron chi connectivity index (χ1n) is 8.79. The molecule has 0 saturated heterocycles. The molecule has 2 aromatic carbocycles. The zero-order valence-corrected chi connectivity index (χ0v) is 17.8. The van der Waals surface area contributed by atoms with E-state index in [2.05, 4.69) is 20.9 Å². The molecule has 0 spiro atoms. The van der Waals surface area contributed by atoms with Gasteiger partial charge in [0, 0.05) is 10.6 Å². The minimum atomic E-state index is -0.437. The van der Waals surface area contributed by atoms with Gasteiger partial charge in [-0.2, -0.15) is 0 Å². The van der Waals surface area contributed by atoms with E-state index in [1.807, 2.05) is 43.5 Å². The smallest absolute Gasteiger partial charge is 0.278 e. The number of thioether (sulfide) groups is 1. The van der Waals surface area contributed by atoms with Crippen LogP contribution in [0.1, 0.15) is 21.7 Å². The topological polar surface area (TPSA) is 88.9 Å². The SMILES string of the molecule is CSc1cccc(NC(=O)Cn2nnc(C(=O)Nc3ccc(C)cc3Cl)c2C)c1. The average Bonchev–Trinajstić information content (AvgIpc) is 3.04. The van der Waals surface area contributed by atoms with Gasteiger partial charge in [-0.15, -0.1) is 16.9 Å². The second kappa shape index (κ2) is 9.11. The lowest BCUT2D eigenvalue weighted by Crippen LogP contribution is -2.21. The number of amides is 2. The molecule has 9 heteroatoms. The third-order valence-electron chi connectivity index (χ3n) is 4.22. The van der Waals surface area contributed by atoms with Crippen molar-refractivity contribution in [1.29, 1.82) is 0 Å². The van der Waals surface area contributed by atoms with E-state index in [-0.39, 0.29) is 18.1 Å². The lowest BCUT2D eigenvalue weighted by Gasteiger charge is -2.08. The van der Waals surface area contributed by atoms with Crippen molar-refractivity contribution >= 4 is 46.6 Å². The van der Waals surface area contributed by atoms with Crippen molar-refractivity contribution < 1.29 is 9.59 Å². The summed E-state index contributed by atoms with van der Waals surface area (Å²) in [5.41, 5.74) is 2.80. The molecule has 0 fully saturated rings. The lowest BCUT2D eigenvalue weighted by atomic mass is 10.2. The second-order valence-electron chi connectivity index (χ2n) is 6.40. The van der Waals surface area contributed by atoms with Gasteiger partial charge in [-0.25, -0.2) is 4.68 Å². The predicted molar refractivity (Wildman–Crippen MR) is 116 cm³/mol. The van der Waals surface area contributed by atoms with E-state index in [4.69, 9.17) is 11.6 Å². The molecule has 0 aliphatic carbocycles. The zero-order valence-electron chi connectivity index (χ0n) is 16.2. The second-order valence-corrected chi connectivity index (χ2v) is 7.69. The zero-order chi connectivity index (χ0) is 21.0. The lowest BCUT2D eigenvalue weighted by molar-refractivity contribution is -0.117. The molecule has 2 amide bonds. The molecule has 1 heterocycles. The monoisotopic (exact) mass is 429 g/mol. The summed E-state index contributed by atoms with van der Waals surface area (Å²) in [5, 5.41) is 13.8. The van der Waals surface area contributed by atoms with Crippen molar-refractivity contribution in [2.75, 3.05) is 16.9 Å². The first-order valence-corrected chi connectivity index (χ1v) is 10.4. The minimum absolute atomic E-state index is 0.0547. The van der Waals surface area contributed by atoms with E-state index in [0.717, 1.165) is 10.5 Å². The van der Waals surface area contributed by atoms with Gasteiger partial charge in [0.1, 0.15) is 6.54 Å². The van der Waals surface area contributed by atoms with Crippen LogP contribution in [0.3, 0.4) is 0 Å². The Bertz CT molecular complexity index is 1070. The van der Waals surface area contributed by atoms with E-state index < -0.39 is 5.91 Å². The fourth-order valence-corrected chi connectivity index (χ4v) is 3.40. The fourth-order valence-electron chi connectivity index (χ4n) is 2.66. The fraction of sp³-hybridized carbons (Fsp3) is 0.200. The van der Waals surface area contributed by atoms with Crippen LogP contribution in [-0.4, -0.2) is 33.1 Å². The quantitative estimate of drug-likeness (QED) is 0.574. The maximum atomic E-state index is 12.5. The van der Waals surface area contributed by atoms with E-state index in [0.29, 0.717) is 22.1 Å². The van der Waals surface area contributed by atoms with Crippen LogP contribution in [-0.2, 0) is 11.3 Å². The van der Waals surface area contributed by atoms with Crippen LogP contribution in [0, 0.1) is 13.8 Å². The highest BCUT2D eigenvalue weighted by Gasteiger charge is 2.19. The molecule has 7 nitrogen and oxygen atoms in total. The predicted octanol–water partition coefficient (Wildman–Crippen LogP) is 4.16. The van der Waals surface area contributed by atoms with E-state index >= 15 is 0 Å². The number of benzene rings is 2. The van der Waals surface area contributed by atoms with Gasteiger partial charge in [0.15, 0.2) is 5.69 Å². The van der Waals surface area contributed by atoms with Gasteiger partial charge in [-0.3, -0.25) is 9.59 Å². The summed E-state index contributed by atoms with van der Waals surface area (Å²) in [6.07, 6.45) is 1.97. The summed E-state index contributed by atoms with van der Waals surface area (Å²) < 4.78 is 1.39. The average molecular weight is 430 g/mol. The van der Waals surface area contributed by atoms with Crippen LogP contribution >= 0.6 is 23.4 Å². The number of carbonyl (C=O) groups excluding carboxylic acids is 2. The highest BCUT2D eigenvalue weighted by atomic mass is 35.5. The Morgan fingerprint density at radius 3 is 2.66 bits per heavy atom. The summed E-state index contributed by atoms with van der Waals surface area (Å²) in [6.45, 7) is 3.55. The molecular formula is C20H20ClN5O2S. The van der Waals surface area contributed by atoms with E-state index in [1.165, 1.54) is 4.68 Å². The molecule has 2 N–H and O–H groups in total. The molecule has 0 radical (unpaired) electrons. The Labute approximate surface area is 177 Å². The van der Waals surface area contributed by atoms with Gasteiger partial charge >= 0.3 is 0 Å². The van der Waals surface area contributed by atoms with Crippen LogP contribution in [0.5, 0.6) is 0 Å². The number of rotatable bonds is 6. The third kappa shape index (κ3) is 5.16. The van der Waals surface area contributed by atoms with Gasteiger partial charge in [-0.1, -0.05) is 28.9 Å². The molecule has 150 valence electrons. The van der Waals surface area contributed by atoms with Gasteiger partial charge in [-0.05, 0) is 56.0 Å². The highest BCUT2D eigenvalue weighted by Crippen LogP contribution is 2.23. The highest BCUT2D eigenvalue weighted by molar-refractivity contribution is 7.98. The Hall–Kier alpha value is -2.84. The normalized spacial score (nSPS) is 10.6. The number of nitrogens with one attached hydrogen (secondary N) is 2. The molecule has 0 aliphatic rings. The van der Waals surface area contributed by atoms with Crippen LogP contribution in [0.25, 0.3) is 0 Å². The number of hydrogen-bond acceptors (Lipinski definition) is 5. The third-order valence-corrected chi connectivity index (χ3v) is 5.26. The molecule has 0 aliphatic heterocycles. The van der Waals surface area contributed by atoms with E-state index in [1.54, 1.807) is 30.8 Å². The molecule has 3 rings (SSSR count). The van der Waals surface area contributed by atoms with Crippen LogP contribution in [0.4, 0.5) is 11.4 Å². The molecule has 0 unspecified atom stereocenters. The number of nitrogens with zero attached hydrogens (tertiary/aromatic N) is 3. The Morgan fingerprint density at radius 1 is 1.14 bits per heavy atom. The van der Waals surface area contributed by atoms with Crippen molar-refractivity contribution in [3.8, 4) is 0 Å². The van der Waals surface area contributed by atoms with Gasteiger partial charge in [0.25, 0.3) is 5.91 Å². The van der Waals surface area contributed by atoms with Crippen molar-refractivity contribution in [1.82, 2.24) is 15.0 Å². The van der Waals surface area contributed by atoms with Crippen LogP contribution in [0.15, 0.2) is 47.4 Å². The summed E-state index contributed by atoms with van der Waals surface area (Å²) in [4.78, 5) is 25.9. The Morgan fingerprint density at radius 2 is 1.93 bits per heavy atom. The standard InChI is InChI=1S/C20H20ClN5O2S/c1-12-7-8-17(16(21)9-12)23-20(28)19-13(2)26(25-24-19)11-18(27)22-14-5-4-6-15(10-14)29-3/h4-10H,11H2,1-3H3,(H,22,27)(H,23,28). The first-order chi connectivity index (χ1) is 13.9. The summed E-state index contributed by atoms with van der Waals surface area (Å²) in [6, 6.07) is 12.9. The molecule has 0 atom stereocenters. The summed E-state index contributed by atoms with van der Waals surface area (Å²) in [5.74, 6) is -0.697. The molecule has 0 bridgehead atoms. The van der Waals surface area contributed by atoms with Crippen molar-refractivity contribution in [3.63, 3.8) is 0 Å². The maximum Gasteiger partial charge on any atom is 0.278 e. The number of aromatic nitrogens is 3. The first kappa shape index (κ1) is 20.9. The number of carbonyl (C=O) groups is 2. The number of anilines is 2. The summed E-state index contributed by atoms with van der Waals surface area (Å²) >= 11 is 7.76. The number of hydrogen-bond donors (Lipinski definition) is 2. The molecule has 3 aromatic rings. The van der Waals surface area contributed by atoms with Gasteiger partial charge in [0.2, 0.25) is 5.91 Å². The van der Waals surface area contributed by atoms with Crippen LogP contribution in [0.2, 0.25) is 5.02 Å². The van der Waals surface area contributed by atoms with Crippen molar-refractivity contribution in [2.45, 2.75) is 25.3 Å². The van der Waals surface area contributed by atoms with Crippen LogP contribution < -0.4 is 10.6 Å². The number of halogens is 1. The molecule has 0 saturated carbocycles. The summed E-state index contributed by atoms with van der Waals surface area (Å²) in [7, 11) is 0. The van der Waals surface area contributed by atoms with E-state index in [9.17, 15) is 9.59 Å². The van der Waals surface area contributed by atoms with Crippen molar-refractivity contribution in [3.05, 3.63) is 64.4 Å². The Kier molecular flexibility index (Phi) is 6.56. The largest absolute Gasteiger partial charge is 0.324 e. The van der Waals surface area contributed by atoms with Gasteiger partial charge in [0.05, 0.1) is 16.4 Å². The molecule has 29 heavy (non-hydrogen) atoms. The van der Waals surface area contributed by atoms with Crippen molar-refractivity contribution in [2.24, 2.45) is 0 Å². The molecular weight excluding hydrogens is 410 g/mol.